The monoisotopic (exact) mass is 283 g/mol. The second-order valence-corrected chi connectivity index (χ2v) is 4.67. The van der Waals surface area contributed by atoms with Crippen LogP contribution < -0.4 is 5.32 Å². The molecule has 1 unspecified atom stereocenters. The van der Waals surface area contributed by atoms with Crippen LogP contribution in [0.25, 0.3) is 0 Å². The van der Waals surface area contributed by atoms with E-state index >= 15 is 0 Å². The van der Waals surface area contributed by atoms with Gasteiger partial charge in [0.1, 0.15) is 6.04 Å². The molecular formula is C12H20F3NO3. The summed E-state index contributed by atoms with van der Waals surface area (Å²) in [7, 11) is 0. The molecule has 0 aromatic carbocycles. The van der Waals surface area contributed by atoms with E-state index in [1.165, 1.54) is 0 Å². The summed E-state index contributed by atoms with van der Waals surface area (Å²) in [6, 6.07) is -1.26. The molecule has 0 aromatic rings. The minimum atomic E-state index is -5.00. The Bertz CT molecular complexity index is 303. The quantitative estimate of drug-likeness (QED) is 0.576. The van der Waals surface area contributed by atoms with Gasteiger partial charge in [0.25, 0.3) is 0 Å². The molecule has 0 aliphatic heterocycles. The van der Waals surface area contributed by atoms with E-state index in [0.717, 1.165) is 6.42 Å². The Morgan fingerprint density at radius 3 is 2.26 bits per heavy atom. The Balaban J connectivity index is 4.54. The summed E-state index contributed by atoms with van der Waals surface area (Å²) in [5, 5.41) is 1.68. The molecule has 0 aliphatic carbocycles. The van der Waals surface area contributed by atoms with Gasteiger partial charge in [-0.3, -0.25) is 4.79 Å². The van der Waals surface area contributed by atoms with Crippen LogP contribution in [0.15, 0.2) is 0 Å². The lowest BCUT2D eigenvalue weighted by molar-refractivity contribution is -0.176. The maximum absolute atomic E-state index is 12.2. The molecule has 0 bridgehead atoms. The lowest BCUT2D eigenvalue weighted by Crippen LogP contribution is -2.48. The van der Waals surface area contributed by atoms with Gasteiger partial charge in [0.15, 0.2) is 0 Å². The van der Waals surface area contributed by atoms with Gasteiger partial charge in [0.05, 0.1) is 6.61 Å². The normalized spacial score (nSPS) is 13.2. The van der Waals surface area contributed by atoms with E-state index in [1.54, 1.807) is 19.2 Å². The van der Waals surface area contributed by atoms with Gasteiger partial charge in [0.2, 0.25) is 0 Å². The zero-order valence-electron chi connectivity index (χ0n) is 11.3. The van der Waals surface area contributed by atoms with Crippen LogP contribution >= 0.6 is 0 Å². The van der Waals surface area contributed by atoms with E-state index in [0.29, 0.717) is 6.42 Å². The zero-order valence-corrected chi connectivity index (χ0v) is 11.3. The van der Waals surface area contributed by atoms with Gasteiger partial charge < -0.3 is 10.1 Å². The second-order valence-electron chi connectivity index (χ2n) is 4.67. The predicted octanol–water partition coefficient (Wildman–Crippen LogP) is 2.42. The van der Waals surface area contributed by atoms with E-state index in [2.05, 4.69) is 0 Å². The smallest absolute Gasteiger partial charge is 0.464 e. The van der Waals surface area contributed by atoms with Gasteiger partial charge in [-0.25, -0.2) is 4.79 Å². The molecule has 1 N–H and O–H groups in total. The summed E-state index contributed by atoms with van der Waals surface area (Å²) in [6.45, 7) is 5.52. The summed E-state index contributed by atoms with van der Waals surface area (Å²) in [5.74, 6) is -2.98. The molecule has 0 aromatic heterocycles. The van der Waals surface area contributed by atoms with Crippen molar-refractivity contribution in [3.05, 3.63) is 0 Å². The molecule has 1 atom stereocenters. The molecule has 0 heterocycles. The van der Waals surface area contributed by atoms with Gasteiger partial charge in [-0.05, 0) is 18.8 Å². The fraction of sp³-hybridized carbons (Fsp3) is 0.833. The highest BCUT2D eigenvalue weighted by atomic mass is 19.4. The first kappa shape index (κ1) is 17.7. The number of rotatable bonds is 7. The number of esters is 1. The standard InChI is InChI=1S/C12H20F3NO3/c1-4-5-6-19-10(17)9(7-8(2)3)16-11(18)12(13,14)15/h8-9H,4-7H2,1-3H3,(H,16,18). The van der Waals surface area contributed by atoms with Crippen LogP contribution in [0.4, 0.5) is 13.2 Å². The zero-order chi connectivity index (χ0) is 15.1. The number of alkyl halides is 3. The van der Waals surface area contributed by atoms with Crippen molar-refractivity contribution in [1.82, 2.24) is 5.32 Å². The van der Waals surface area contributed by atoms with Crippen LogP contribution in [0.1, 0.15) is 40.0 Å². The lowest BCUT2D eigenvalue weighted by atomic mass is 10.0. The molecule has 0 spiro atoms. The Hall–Kier alpha value is -1.27. The summed E-state index contributed by atoms with van der Waals surface area (Å²) < 4.78 is 41.3. The van der Waals surface area contributed by atoms with Gasteiger partial charge >= 0.3 is 18.1 Å². The average Bonchev–Trinajstić information content (AvgIpc) is 2.26. The SMILES string of the molecule is CCCCOC(=O)C(CC(C)C)NC(=O)C(F)(F)F. The summed E-state index contributed by atoms with van der Waals surface area (Å²) in [4.78, 5) is 22.5. The number of hydrogen-bond donors (Lipinski definition) is 1. The van der Waals surface area contributed by atoms with Crippen molar-refractivity contribution >= 4 is 11.9 Å². The first-order valence-corrected chi connectivity index (χ1v) is 6.22. The molecule has 0 saturated heterocycles. The van der Waals surface area contributed by atoms with E-state index in [1.807, 2.05) is 6.92 Å². The molecule has 112 valence electrons. The van der Waals surface area contributed by atoms with Crippen molar-refractivity contribution in [3.8, 4) is 0 Å². The van der Waals surface area contributed by atoms with Crippen molar-refractivity contribution < 1.29 is 27.5 Å². The number of unbranched alkanes of at least 4 members (excludes halogenated alkanes) is 1. The number of halogens is 3. The largest absolute Gasteiger partial charge is 0.471 e. The number of carbonyl (C=O) groups excluding carboxylic acids is 2. The predicted molar refractivity (Wildman–Crippen MR) is 63.3 cm³/mol. The van der Waals surface area contributed by atoms with Gasteiger partial charge in [-0.2, -0.15) is 13.2 Å². The number of hydrogen-bond acceptors (Lipinski definition) is 3. The molecule has 1 amide bonds. The van der Waals surface area contributed by atoms with Gasteiger partial charge in [0, 0.05) is 0 Å². The number of ether oxygens (including phenoxy) is 1. The van der Waals surface area contributed by atoms with Gasteiger partial charge in [-0.1, -0.05) is 27.2 Å². The number of amides is 1. The van der Waals surface area contributed by atoms with Crippen LogP contribution in [-0.2, 0) is 14.3 Å². The molecule has 0 aliphatic rings. The Morgan fingerprint density at radius 1 is 1.26 bits per heavy atom. The first-order valence-electron chi connectivity index (χ1n) is 6.22. The van der Waals surface area contributed by atoms with Crippen LogP contribution in [0, 0.1) is 5.92 Å². The Labute approximate surface area is 110 Å². The molecular weight excluding hydrogens is 263 g/mol. The minimum absolute atomic E-state index is 0.0442. The summed E-state index contributed by atoms with van der Waals surface area (Å²) in [5.41, 5.74) is 0. The molecule has 0 saturated carbocycles. The minimum Gasteiger partial charge on any atom is -0.464 e. The lowest BCUT2D eigenvalue weighted by Gasteiger charge is -2.20. The summed E-state index contributed by atoms with van der Waals surface area (Å²) in [6.07, 6.45) is -3.46. The highest BCUT2D eigenvalue weighted by Crippen LogP contribution is 2.16. The van der Waals surface area contributed by atoms with Crippen LogP contribution in [0.5, 0.6) is 0 Å². The van der Waals surface area contributed by atoms with Crippen LogP contribution in [0.2, 0.25) is 0 Å². The average molecular weight is 283 g/mol. The van der Waals surface area contributed by atoms with E-state index in [4.69, 9.17) is 4.74 Å². The maximum atomic E-state index is 12.2. The van der Waals surface area contributed by atoms with Crippen molar-refractivity contribution in [2.45, 2.75) is 52.3 Å². The highest BCUT2D eigenvalue weighted by Gasteiger charge is 2.41. The van der Waals surface area contributed by atoms with Crippen molar-refractivity contribution in [2.24, 2.45) is 5.92 Å². The third-order valence-electron chi connectivity index (χ3n) is 2.30. The van der Waals surface area contributed by atoms with E-state index in [-0.39, 0.29) is 18.9 Å². The van der Waals surface area contributed by atoms with E-state index < -0.39 is 24.1 Å². The molecule has 19 heavy (non-hydrogen) atoms. The van der Waals surface area contributed by atoms with Crippen molar-refractivity contribution in [3.63, 3.8) is 0 Å². The van der Waals surface area contributed by atoms with Crippen molar-refractivity contribution in [2.75, 3.05) is 6.61 Å². The maximum Gasteiger partial charge on any atom is 0.471 e. The third kappa shape index (κ3) is 7.69. The van der Waals surface area contributed by atoms with Crippen LogP contribution in [-0.4, -0.2) is 30.7 Å². The number of nitrogens with one attached hydrogen (secondary N) is 1. The fourth-order valence-corrected chi connectivity index (χ4v) is 1.34. The van der Waals surface area contributed by atoms with Crippen LogP contribution in [0.3, 0.4) is 0 Å². The molecule has 0 fully saturated rings. The second kappa shape index (κ2) is 8.01. The number of carbonyl (C=O) groups is 2. The molecule has 0 radical (unpaired) electrons. The topological polar surface area (TPSA) is 55.4 Å². The Morgan fingerprint density at radius 2 is 1.84 bits per heavy atom. The molecule has 4 nitrogen and oxygen atoms in total. The first-order chi connectivity index (χ1) is 8.68. The molecule has 7 heteroatoms. The Kier molecular flexibility index (Phi) is 7.48. The summed E-state index contributed by atoms with van der Waals surface area (Å²) >= 11 is 0. The van der Waals surface area contributed by atoms with E-state index in [9.17, 15) is 22.8 Å². The van der Waals surface area contributed by atoms with Crippen molar-refractivity contribution in [1.29, 1.82) is 0 Å². The van der Waals surface area contributed by atoms with Gasteiger partial charge in [-0.15, -0.1) is 0 Å². The fourth-order valence-electron chi connectivity index (χ4n) is 1.34. The molecule has 0 rings (SSSR count). The highest BCUT2D eigenvalue weighted by molar-refractivity contribution is 5.87. The third-order valence-corrected chi connectivity index (χ3v) is 2.30.